The lowest BCUT2D eigenvalue weighted by Crippen LogP contribution is -2.03. The standard InChI is InChI=1S/C17H16O4/c1-19-15-8-4-7-14(17-20-9-10-21-17)16(15)13-6-3-2-5-12(13)11-18/h2-8,11,17H,9-10H2,1H3. The van der Waals surface area contributed by atoms with Crippen LogP contribution in [-0.4, -0.2) is 26.6 Å². The van der Waals surface area contributed by atoms with Gasteiger partial charge in [0.05, 0.1) is 20.3 Å². The number of benzene rings is 2. The molecule has 1 aliphatic rings. The molecular formula is C17H16O4. The molecule has 1 fully saturated rings. The van der Waals surface area contributed by atoms with Crippen molar-refractivity contribution in [2.24, 2.45) is 0 Å². The molecule has 2 aromatic carbocycles. The lowest BCUT2D eigenvalue weighted by atomic mass is 9.94. The van der Waals surface area contributed by atoms with Crippen LogP contribution in [0.5, 0.6) is 5.75 Å². The van der Waals surface area contributed by atoms with Crippen LogP contribution >= 0.6 is 0 Å². The van der Waals surface area contributed by atoms with Crippen molar-refractivity contribution in [1.82, 2.24) is 0 Å². The van der Waals surface area contributed by atoms with Gasteiger partial charge in [-0.1, -0.05) is 36.4 Å². The van der Waals surface area contributed by atoms with E-state index in [1.807, 2.05) is 36.4 Å². The summed E-state index contributed by atoms with van der Waals surface area (Å²) in [4.78, 5) is 11.3. The van der Waals surface area contributed by atoms with Gasteiger partial charge < -0.3 is 14.2 Å². The molecule has 0 saturated carbocycles. The second-order valence-electron chi connectivity index (χ2n) is 4.70. The number of hydrogen-bond donors (Lipinski definition) is 0. The second kappa shape index (κ2) is 6.08. The Morgan fingerprint density at radius 1 is 1.10 bits per heavy atom. The molecule has 1 heterocycles. The number of rotatable bonds is 4. The molecule has 0 radical (unpaired) electrons. The van der Waals surface area contributed by atoms with Crippen LogP contribution in [0.2, 0.25) is 0 Å². The van der Waals surface area contributed by atoms with Gasteiger partial charge in [-0.2, -0.15) is 0 Å². The van der Waals surface area contributed by atoms with Crippen LogP contribution in [-0.2, 0) is 9.47 Å². The zero-order valence-electron chi connectivity index (χ0n) is 11.7. The van der Waals surface area contributed by atoms with Crippen LogP contribution in [0.1, 0.15) is 22.2 Å². The molecule has 21 heavy (non-hydrogen) atoms. The van der Waals surface area contributed by atoms with E-state index in [0.717, 1.165) is 23.0 Å². The van der Waals surface area contributed by atoms with Gasteiger partial charge in [-0.25, -0.2) is 0 Å². The summed E-state index contributed by atoms with van der Waals surface area (Å²) in [6.45, 7) is 1.13. The van der Waals surface area contributed by atoms with Crippen molar-refractivity contribution in [3.63, 3.8) is 0 Å². The summed E-state index contributed by atoms with van der Waals surface area (Å²) in [5.41, 5.74) is 3.15. The van der Waals surface area contributed by atoms with Crippen molar-refractivity contribution in [2.45, 2.75) is 6.29 Å². The summed E-state index contributed by atoms with van der Waals surface area (Å²) in [5.74, 6) is 0.695. The van der Waals surface area contributed by atoms with E-state index in [1.165, 1.54) is 0 Å². The lowest BCUT2D eigenvalue weighted by Gasteiger charge is -2.18. The number of hydrogen-bond acceptors (Lipinski definition) is 4. The number of methoxy groups -OCH3 is 1. The maximum atomic E-state index is 11.3. The highest BCUT2D eigenvalue weighted by Crippen LogP contribution is 2.40. The average Bonchev–Trinajstić information content (AvgIpc) is 3.08. The van der Waals surface area contributed by atoms with E-state index in [0.29, 0.717) is 24.5 Å². The van der Waals surface area contributed by atoms with Crippen LogP contribution in [0, 0.1) is 0 Å². The van der Waals surface area contributed by atoms with E-state index in [9.17, 15) is 4.79 Å². The van der Waals surface area contributed by atoms with E-state index in [-0.39, 0.29) is 0 Å². The predicted molar refractivity (Wildman–Crippen MR) is 78.5 cm³/mol. The van der Waals surface area contributed by atoms with Gasteiger partial charge in [0.1, 0.15) is 5.75 Å². The number of carbonyl (C=O) groups is 1. The summed E-state index contributed by atoms with van der Waals surface area (Å²) in [6, 6.07) is 13.1. The van der Waals surface area contributed by atoms with Crippen molar-refractivity contribution in [2.75, 3.05) is 20.3 Å². The monoisotopic (exact) mass is 284 g/mol. The lowest BCUT2D eigenvalue weighted by molar-refractivity contribution is -0.0437. The molecule has 0 N–H and O–H groups in total. The maximum Gasteiger partial charge on any atom is 0.184 e. The van der Waals surface area contributed by atoms with Crippen molar-refractivity contribution in [3.8, 4) is 16.9 Å². The quantitative estimate of drug-likeness (QED) is 0.809. The van der Waals surface area contributed by atoms with Crippen molar-refractivity contribution >= 4 is 6.29 Å². The van der Waals surface area contributed by atoms with Gasteiger partial charge in [-0.15, -0.1) is 0 Å². The Kier molecular flexibility index (Phi) is 3.99. The third-order valence-electron chi connectivity index (χ3n) is 3.51. The minimum absolute atomic E-state index is 0.421. The molecule has 0 aromatic heterocycles. The van der Waals surface area contributed by atoms with Crippen LogP contribution in [0.25, 0.3) is 11.1 Å². The normalized spacial score (nSPS) is 15.1. The zero-order valence-corrected chi connectivity index (χ0v) is 11.7. The Morgan fingerprint density at radius 3 is 2.57 bits per heavy atom. The molecule has 0 atom stereocenters. The molecule has 4 heteroatoms. The minimum Gasteiger partial charge on any atom is -0.496 e. The number of carbonyl (C=O) groups excluding carboxylic acids is 1. The van der Waals surface area contributed by atoms with Crippen LogP contribution in [0.4, 0.5) is 0 Å². The maximum absolute atomic E-state index is 11.3. The minimum atomic E-state index is -0.421. The summed E-state index contributed by atoms with van der Waals surface area (Å²) in [5, 5.41) is 0. The van der Waals surface area contributed by atoms with Gasteiger partial charge in [0, 0.05) is 16.7 Å². The van der Waals surface area contributed by atoms with Crippen LogP contribution in [0.15, 0.2) is 42.5 Å². The highest BCUT2D eigenvalue weighted by Gasteiger charge is 2.25. The molecule has 0 aliphatic carbocycles. The van der Waals surface area contributed by atoms with E-state index in [1.54, 1.807) is 13.2 Å². The summed E-state index contributed by atoms with van der Waals surface area (Å²) in [6.07, 6.45) is 0.428. The van der Waals surface area contributed by atoms with E-state index in [4.69, 9.17) is 14.2 Å². The smallest absolute Gasteiger partial charge is 0.184 e. The molecule has 1 saturated heterocycles. The van der Waals surface area contributed by atoms with Gasteiger partial charge in [-0.3, -0.25) is 4.79 Å². The van der Waals surface area contributed by atoms with E-state index < -0.39 is 6.29 Å². The number of aldehydes is 1. The summed E-state index contributed by atoms with van der Waals surface area (Å²) < 4.78 is 16.7. The average molecular weight is 284 g/mol. The zero-order chi connectivity index (χ0) is 14.7. The predicted octanol–water partition coefficient (Wildman–Crippen LogP) is 3.22. The summed E-state index contributed by atoms with van der Waals surface area (Å²) in [7, 11) is 1.61. The largest absolute Gasteiger partial charge is 0.496 e. The Balaban J connectivity index is 2.21. The van der Waals surface area contributed by atoms with Gasteiger partial charge in [0.15, 0.2) is 12.6 Å². The molecule has 2 aromatic rings. The molecule has 1 aliphatic heterocycles. The van der Waals surface area contributed by atoms with Gasteiger partial charge in [0.2, 0.25) is 0 Å². The third-order valence-corrected chi connectivity index (χ3v) is 3.51. The van der Waals surface area contributed by atoms with Crippen LogP contribution in [0.3, 0.4) is 0 Å². The molecule has 0 bridgehead atoms. The van der Waals surface area contributed by atoms with Crippen molar-refractivity contribution in [3.05, 3.63) is 53.6 Å². The Labute approximate surface area is 123 Å². The SMILES string of the molecule is COc1cccc(C2OCCO2)c1-c1ccccc1C=O. The van der Waals surface area contributed by atoms with Crippen LogP contribution < -0.4 is 4.74 Å². The fourth-order valence-electron chi connectivity index (χ4n) is 2.57. The first-order valence-corrected chi connectivity index (χ1v) is 6.80. The highest BCUT2D eigenvalue weighted by atomic mass is 16.7. The molecular weight excluding hydrogens is 268 g/mol. The summed E-state index contributed by atoms with van der Waals surface area (Å²) >= 11 is 0. The topological polar surface area (TPSA) is 44.8 Å². The van der Waals surface area contributed by atoms with Gasteiger partial charge in [-0.05, 0) is 11.6 Å². The fraction of sp³-hybridized carbons (Fsp3) is 0.235. The molecule has 108 valence electrons. The molecule has 0 spiro atoms. The Hall–Kier alpha value is -2.17. The number of ether oxygens (including phenoxy) is 3. The molecule has 4 nitrogen and oxygen atoms in total. The molecule has 0 amide bonds. The molecule has 0 unspecified atom stereocenters. The highest BCUT2D eigenvalue weighted by molar-refractivity contribution is 5.90. The third kappa shape index (κ3) is 2.55. The fourth-order valence-corrected chi connectivity index (χ4v) is 2.57. The van der Waals surface area contributed by atoms with Crippen molar-refractivity contribution in [1.29, 1.82) is 0 Å². The Bertz CT molecular complexity index is 645. The van der Waals surface area contributed by atoms with Gasteiger partial charge in [0.25, 0.3) is 0 Å². The van der Waals surface area contributed by atoms with Gasteiger partial charge >= 0.3 is 0 Å². The Morgan fingerprint density at radius 2 is 1.86 bits per heavy atom. The van der Waals surface area contributed by atoms with E-state index >= 15 is 0 Å². The first-order valence-electron chi connectivity index (χ1n) is 6.80. The first-order chi connectivity index (χ1) is 10.3. The van der Waals surface area contributed by atoms with Crippen molar-refractivity contribution < 1.29 is 19.0 Å². The van der Waals surface area contributed by atoms with E-state index in [2.05, 4.69) is 0 Å². The first kappa shape index (κ1) is 13.8. The molecule has 3 rings (SSSR count). The second-order valence-corrected chi connectivity index (χ2v) is 4.70.